The van der Waals surface area contributed by atoms with Crippen LogP contribution < -0.4 is 0 Å². The van der Waals surface area contributed by atoms with Gasteiger partial charge < -0.3 is 14.2 Å². The smallest absolute Gasteiger partial charge is 0.306 e. The van der Waals surface area contributed by atoms with Gasteiger partial charge >= 0.3 is 17.9 Å². The lowest BCUT2D eigenvalue weighted by Gasteiger charge is -2.18. The third kappa shape index (κ3) is 52.1. The molecular formula is C60H106O6. The van der Waals surface area contributed by atoms with Crippen molar-refractivity contribution in [2.45, 2.75) is 290 Å². The number of carbonyl (C=O) groups is 3. The summed E-state index contributed by atoms with van der Waals surface area (Å²) in [5, 5.41) is 0. The van der Waals surface area contributed by atoms with E-state index in [-0.39, 0.29) is 31.1 Å². The summed E-state index contributed by atoms with van der Waals surface area (Å²) in [7, 11) is 0. The minimum absolute atomic E-state index is 0.0805. The Bertz CT molecular complexity index is 1200. The fourth-order valence-electron chi connectivity index (χ4n) is 7.95. The monoisotopic (exact) mass is 923 g/mol. The quantitative estimate of drug-likeness (QED) is 0.0262. The summed E-state index contributed by atoms with van der Waals surface area (Å²) >= 11 is 0. The molecule has 0 aromatic heterocycles. The second-order valence-electron chi connectivity index (χ2n) is 18.8. The number of rotatable bonds is 51. The van der Waals surface area contributed by atoms with Crippen LogP contribution in [-0.2, 0) is 28.6 Å². The summed E-state index contributed by atoms with van der Waals surface area (Å²) in [6.45, 7) is 6.59. The summed E-state index contributed by atoms with van der Waals surface area (Å²) in [5.74, 6) is -0.895. The van der Waals surface area contributed by atoms with E-state index in [0.29, 0.717) is 19.3 Å². The van der Waals surface area contributed by atoms with Gasteiger partial charge in [-0.2, -0.15) is 0 Å². The van der Waals surface area contributed by atoms with Crippen LogP contribution in [0.15, 0.2) is 60.8 Å². The van der Waals surface area contributed by atoms with E-state index in [1.165, 1.54) is 141 Å². The highest BCUT2D eigenvalue weighted by atomic mass is 16.6. The predicted octanol–water partition coefficient (Wildman–Crippen LogP) is 18.8. The fraction of sp³-hybridized carbons (Fsp3) is 0.783. The highest BCUT2D eigenvalue weighted by molar-refractivity contribution is 5.71. The molecule has 0 radical (unpaired) electrons. The number of carbonyl (C=O) groups excluding carboxylic acids is 3. The molecule has 0 aromatic rings. The molecule has 0 amide bonds. The Hall–Kier alpha value is -2.89. The molecule has 0 aliphatic carbocycles. The van der Waals surface area contributed by atoms with Crippen LogP contribution in [-0.4, -0.2) is 37.2 Å². The first-order chi connectivity index (χ1) is 32.5. The van der Waals surface area contributed by atoms with Crippen LogP contribution in [0.3, 0.4) is 0 Å². The Morgan fingerprint density at radius 1 is 0.303 bits per heavy atom. The lowest BCUT2D eigenvalue weighted by Crippen LogP contribution is -2.30. The molecule has 1 atom stereocenters. The van der Waals surface area contributed by atoms with Crippen LogP contribution in [0.1, 0.15) is 284 Å². The number of hydrogen-bond donors (Lipinski definition) is 0. The van der Waals surface area contributed by atoms with Crippen molar-refractivity contribution in [3.63, 3.8) is 0 Å². The Balaban J connectivity index is 4.30. The van der Waals surface area contributed by atoms with E-state index in [1.54, 1.807) is 0 Å². The molecule has 6 nitrogen and oxygen atoms in total. The highest BCUT2D eigenvalue weighted by Crippen LogP contribution is 2.15. The van der Waals surface area contributed by atoms with Gasteiger partial charge in [0.05, 0.1) is 0 Å². The second-order valence-corrected chi connectivity index (χ2v) is 18.8. The van der Waals surface area contributed by atoms with Crippen molar-refractivity contribution in [1.29, 1.82) is 0 Å². The van der Waals surface area contributed by atoms with E-state index in [9.17, 15) is 14.4 Å². The normalized spacial score (nSPS) is 12.5. The van der Waals surface area contributed by atoms with Crippen LogP contribution in [0.4, 0.5) is 0 Å². The van der Waals surface area contributed by atoms with Gasteiger partial charge in [-0.05, 0) is 89.9 Å². The van der Waals surface area contributed by atoms with E-state index in [4.69, 9.17) is 14.2 Å². The van der Waals surface area contributed by atoms with E-state index in [2.05, 4.69) is 81.5 Å². The maximum atomic E-state index is 12.8. The van der Waals surface area contributed by atoms with Crippen LogP contribution in [0.2, 0.25) is 0 Å². The third-order valence-corrected chi connectivity index (χ3v) is 12.2. The van der Waals surface area contributed by atoms with E-state index in [0.717, 1.165) is 103 Å². The molecule has 66 heavy (non-hydrogen) atoms. The van der Waals surface area contributed by atoms with Gasteiger partial charge in [-0.15, -0.1) is 0 Å². The Kier molecular flexibility index (Phi) is 52.3. The molecule has 0 rings (SSSR count). The van der Waals surface area contributed by atoms with E-state index < -0.39 is 6.10 Å². The molecule has 0 aliphatic heterocycles. The molecule has 0 aliphatic rings. The van der Waals surface area contributed by atoms with Crippen molar-refractivity contribution >= 4 is 17.9 Å². The van der Waals surface area contributed by atoms with Gasteiger partial charge in [0.2, 0.25) is 0 Å². The van der Waals surface area contributed by atoms with Crippen molar-refractivity contribution in [2.24, 2.45) is 0 Å². The first-order valence-corrected chi connectivity index (χ1v) is 28.3. The zero-order valence-electron chi connectivity index (χ0n) is 43.7. The molecule has 0 N–H and O–H groups in total. The summed E-state index contributed by atoms with van der Waals surface area (Å²) in [5.41, 5.74) is 0. The van der Waals surface area contributed by atoms with Crippen LogP contribution >= 0.6 is 0 Å². The van der Waals surface area contributed by atoms with Gasteiger partial charge in [-0.3, -0.25) is 14.4 Å². The van der Waals surface area contributed by atoms with Crippen molar-refractivity contribution in [3.05, 3.63) is 60.8 Å². The van der Waals surface area contributed by atoms with Gasteiger partial charge in [-0.25, -0.2) is 0 Å². The first kappa shape index (κ1) is 63.1. The maximum Gasteiger partial charge on any atom is 0.306 e. The van der Waals surface area contributed by atoms with Crippen LogP contribution in [0.5, 0.6) is 0 Å². The Morgan fingerprint density at radius 3 is 0.879 bits per heavy atom. The fourth-order valence-corrected chi connectivity index (χ4v) is 7.95. The summed E-state index contributed by atoms with van der Waals surface area (Å²) in [4.78, 5) is 38.0. The van der Waals surface area contributed by atoms with Gasteiger partial charge in [0.1, 0.15) is 13.2 Å². The Morgan fingerprint density at radius 2 is 0.545 bits per heavy atom. The number of hydrogen-bond acceptors (Lipinski definition) is 6. The van der Waals surface area contributed by atoms with Crippen molar-refractivity contribution in [2.75, 3.05) is 13.2 Å². The largest absolute Gasteiger partial charge is 0.462 e. The average Bonchev–Trinajstić information content (AvgIpc) is 3.31. The number of unbranched alkanes of at least 4 members (excludes halogenated alkanes) is 30. The van der Waals surface area contributed by atoms with Gasteiger partial charge in [-0.1, -0.05) is 236 Å². The first-order valence-electron chi connectivity index (χ1n) is 28.3. The van der Waals surface area contributed by atoms with Crippen molar-refractivity contribution < 1.29 is 28.6 Å². The average molecular weight is 924 g/mol. The minimum atomic E-state index is -0.782. The van der Waals surface area contributed by atoms with Crippen LogP contribution in [0.25, 0.3) is 0 Å². The molecular weight excluding hydrogens is 817 g/mol. The molecule has 0 spiro atoms. The predicted molar refractivity (Wildman–Crippen MR) is 284 cm³/mol. The molecule has 1 unspecified atom stereocenters. The molecule has 0 aromatic carbocycles. The summed E-state index contributed by atoms with van der Waals surface area (Å²) < 4.78 is 16.8. The van der Waals surface area contributed by atoms with Gasteiger partial charge in [0.15, 0.2) is 6.10 Å². The molecule has 0 fully saturated rings. The topological polar surface area (TPSA) is 78.9 Å². The molecule has 0 saturated carbocycles. The SMILES string of the molecule is CCCCC/C=C\C/C=C\CCCCCCCC(=O)OC(COC(=O)CCCCCCCCCC/C=C\C/C=C\C/C=C\CCCCCCC)COC(=O)CCCCCCCCCCCC. The van der Waals surface area contributed by atoms with Crippen LogP contribution in [0, 0.1) is 0 Å². The third-order valence-electron chi connectivity index (χ3n) is 12.2. The summed E-state index contributed by atoms with van der Waals surface area (Å²) in [6, 6.07) is 0. The maximum absolute atomic E-state index is 12.8. The van der Waals surface area contributed by atoms with E-state index >= 15 is 0 Å². The number of esters is 3. The highest BCUT2D eigenvalue weighted by Gasteiger charge is 2.19. The molecule has 0 saturated heterocycles. The zero-order chi connectivity index (χ0) is 47.9. The second kappa shape index (κ2) is 54.7. The number of allylic oxidation sites excluding steroid dienone is 10. The van der Waals surface area contributed by atoms with Gasteiger partial charge in [0.25, 0.3) is 0 Å². The zero-order valence-corrected chi connectivity index (χ0v) is 43.7. The Labute approximate surface area is 409 Å². The molecule has 0 heterocycles. The van der Waals surface area contributed by atoms with E-state index in [1.807, 2.05) is 0 Å². The number of ether oxygens (including phenoxy) is 3. The van der Waals surface area contributed by atoms with Crippen molar-refractivity contribution in [3.8, 4) is 0 Å². The standard InChI is InChI=1S/C60H106O6/c1-4-7-10-13-16-19-22-24-26-27-28-29-30-31-32-33-35-36-38-41-44-47-50-53-59(62)65-56-57(55-64-58(61)52-49-46-43-40-21-18-15-12-9-6-3)66-60(63)54-51-48-45-42-39-37-34-25-23-20-17-14-11-8-5-2/h17,20,22,24-25,27-28,30-31,34,57H,4-16,18-19,21,23,26,29,32-33,35-56H2,1-3H3/b20-17-,24-22-,28-27-,31-30-,34-25-. The summed E-state index contributed by atoms with van der Waals surface area (Å²) in [6.07, 6.45) is 67.8. The lowest BCUT2D eigenvalue weighted by atomic mass is 10.1. The minimum Gasteiger partial charge on any atom is -0.462 e. The molecule has 0 bridgehead atoms. The molecule has 6 heteroatoms. The van der Waals surface area contributed by atoms with Crippen molar-refractivity contribution in [1.82, 2.24) is 0 Å². The molecule has 382 valence electrons. The lowest BCUT2D eigenvalue weighted by molar-refractivity contribution is -0.167. The van der Waals surface area contributed by atoms with Gasteiger partial charge in [0, 0.05) is 19.3 Å².